The van der Waals surface area contributed by atoms with E-state index in [0.717, 1.165) is 35.7 Å². The number of aromatic nitrogens is 2. The first-order valence-corrected chi connectivity index (χ1v) is 8.59. The third kappa shape index (κ3) is 4.10. The number of nitrogens with one attached hydrogen (secondary N) is 2. The molecular formula is C18H26N4S. The fraction of sp³-hybridized carbons (Fsp3) is 0.444. The van der Waals surface area contributed by atoms with Gasteiger partial charge in [0.2, 0.25) is 0 Å². The summed E-state index contributed by atoms with van der Waals surface area (Å²) in [5.41, 5.74) is 5.39. The van der Waals surface area contributed by atoms with Gasteiger partial charge >= 0.3 is 0 Å². The Morgan fingerprint density at radius 1 is 1.17 bits per heavy atom. The van der Waals surface area contributed by atoms with E-state index in [2.05, 4.69) is 67.7 Å². The molecule has 2 N–H and O–H groups in total. The smallest absolute Gasteiger partial charge is 0.175 e. The van der Waals surface area contributed by atoms with Gasteiger partial charge in [0.25, 0.3) is 0 Å². The number of rotatable bonds is 5. The number of hydrogen-bond donors (Lipinski definition) is 2. The van der Waals surface area contributed by atoms with Crippen LogP contribution in [-0.2, 0) is 6.54 Å². The van der Waals surface area contributed by atoms with Crippen molar-refractivity contribution in [3.8, 4) is 0 Å². The fourth-order valence-electron chi connectivity index (χ4n) is 2.59. The Morgan fingerprint density at radius 3 is 2.35 bits per heavy atom. The van der Waals surface area contributed by atoms with Crippen LogP contribution in [0.2, 0.25) is 0 Å². The summed E-state index contributed by atoms with van der Waals surface area (Å²) < 4.78 is 1.97. The molecule has 0 aliphatic rings. The standard InChI is InChI=1S/C18H26N4S/c1-6-12(3)15-8-10-16(11-9-15)19-18(23)20-17-13(4)21-22(7-2)14(17)5/h8-12H,6-7H2,1-5H3,(H2,19,20,23)/t12-/m1/s1. The van der Waals surface area contributed by atoms with Crippen molar-refractivity contribution >= 4 is 28.7 Å². The molecule has 0 spiro atoms. The number of aryl methyl sites for hydroxylation is 2. The van der Waals surface area contributed by atoms with Crippen LogP contribution in [0.25, 0.3) is 0 Å². The largest absolute Gasteiger partial charge is 0.332 e. The molecule has 0 unspecified atom stereocenters. The maximum absolute atomic E-state index is 5.43. The lowest BCUT2D eigenvalue weighted by molar-refractivity contribution is 0.634. The molecule has 0 saturated heterocycles. The van der Waals surface area contributed by atoms with Gasteiger partial charge in [0, 0.05) is 12.2 Å². The summed E-state index contributed by atoms with van der Waals surface area (Å²) in [5.74, 6) is 0.583. The Bertz CT molecular complexity index is 673. The second-order valence-electron chi connectivity index (χ2n) is 5.87. The zero-order chi connectivity index (χ0) is 17.0. The Balaban J connectivity index is 2.04. The summed E-state index contributed by atoms with van der Waals surface area (Å²) in [6.07, 6.45) is 1.15. The highest BCUT2D eigenvalue weighted by molar-refractivity contribution is 7.80. The van der Waals surface area contributed by atoms with Crippen molar-refractivity contribution in [1.82, 2.24) is 9.78 Å². The monoisotopic (exact) mass is 330 g/mol. The molecule has 1 heterocycles. The van der Waals surface area contributed by atoms with Crippen molar-refractivity contribution in [2.75, 3.05) is 10.6 Å². The molecule has 0 aliphatic carbocycles. The molecule has 2 aromatic rings. The van der Waals surface area contributed by atoms with Crippen LogP contribution in [0.15, 0.2) is 24.3 Å². The SMILES string of the molecule is CC[C@@H](C)c1ccc(NC(=S)Nc2c(C)nn(CC)c2C)cc1. The van der Waals surface area contributed by atoms with Gasteiger partial charge < -0.3 is 10.6 Å². The van der Waals surface area contributed by atoms with Gasteiger partial charge in [-0.05, 0) is 63.0 Å². The molecule has 0 amide bonds. The van der Waals surface area contributed by atoms with Crippen molar-refractivity contribution in [3.05, 3.63) is 41.2 Å². The average Bonchev–Trinajstić information content (AvgIpc) is 2.82. The minimum absolute atomic E-state index is 0.583. The third-order valence-electron chi connectivity index (χ3n) is 4.27. The maximum Gasteiger partial charge on any atom is 0.175 e. The normalized spacial score (nSPS) is 12.0. The van der Waals surface area contributed by atoms with Crippen LogP contribution in [0.3, 0.4) is 0 Å². The predicted molar refractivity (Wildman–Crippen MR) is 102 cm³/mol. The Morgan fingerprint density at radius 2 is 1.83 bits per heavy atom. The van der Waals surface area contributed by atoms with Crippen molar-refractivity contribution in [2.45, 2.75) is 53.5 Å². The van der Waals surface area contributed by atoms with E-state index in [4.69, 9.17) is 12.2 Å². The molecule has 23 heavy (non-hydrogen) atoms. The molecule has 2 rings (SSSR count). The molecule has 5 heteroatoms. The molecule has 1 atom stereocenters. The van der Waals surface area contributed by atoms with Gasteiger partial charge in [-0.15, -0.1) is 0 Å². The highest BCUT2D eigenvalue weighted by atomic mass is 32.1. The van der Waals surface area contributed by atoms with E-state index in [9.17, 15) is 0 Å². The zero-order valence-electron chi connectivity index (χ0n) is 14.6. The number of benzene rings is 1. The summed E-state index contributed by atoms with van der Waals surface area (Å²) in [4.78, 5) is 0. The lowest BCUT2D eigenvalue weighted by atomic mass is 9.99. The molecule has 1 aromatic heterocycles. The van der Waals surface area contributed by atoms with Crippen LogP contribution >= 0.6 is 12.2 Å². The maximum atomic E-state index is 5.43. The van der Waals surface area contributed by atoms with Gasteiger partial charge in [-0.1, -0.05) is 26.0 Å². The van der Waals surface area contributed by atoms with Crippen LogP contribution < -0.4 is 10.6 Å². The fourth-order valence-corrected chi connectivity index (χ4v) is 2.81. The van der Waals surface area contributed by atoms with Gasteiger partial charge in [-0.25, -0.2) is 0 Å². The van der Waals surface area contributed by atoms with Crippen LogP contribution in [-0.4, -0.2) is 14.9 Å². The van der Waals surface area contributed by atoms with Gasteiger partial charge in [0.15, 0.2) is 5.11 Å². The Hall–Kier alpha value is -1.88. The number of anilines is 2. The van der Waals surface area contributed by atoms with Crippen LogP contribution in [0.1, 0.15) is 50.1 Å². The van der Waals surface area contributed by atoms with Crippen LogP contribution in [0.4, 0.5) is 11.4 Å². The summed E-state index contributed by atoms with van der Waals surface area (Å²) >= 11 is 5.43. The number of thiocarbonyl (C=S) groups is 1. The molecule has 0 aliphatic heterocycles. The molecule has 0 bridgehead atoms. The second-order valence-corrected chi connectivity index (χ2v) is 6.28. The van der Waals surface area contributed by atoms with Crippen LogP contribution in [0, 0.1) is 13.8 Å². The van der Waals surface area contributed by atoms with E-state index in [1.165, 1.54) is 5.56 Å². The molecule has 0 saturated carbocycles. The average molecular weight is 331 g/mol. The molecule has 0 radical (unpaired) electrons. The van der Waals surface area contributed by atoms with E-state index < -0.39 is 0 Å². The van der Waals surface area contributed by atoms with Crippen LogP contribution in [0.5, 0.6) is 0 Å². The van der Waals surface area contributed by atoms with E-state index in [-0.39, 0.29) is 0 Å². The second kappa shape index (κ2) is 7.59. The quantitative estimate of drug-likeness (QED) is 0.770. The lowest BCUT2D eigenvalue weighted by Gasteiger charge is -2.13. The highest BCUT2D eigenvalue weighted by Gasteiger charge is 2.12. The topological polar surface area (TPSA) is 41.9 Å². The lowest BCUT2D eigenvalue weighted by Crippen LogP contribution is -2.20. The summed E-state index contributed by atoms with van der Waals surface area (Å²) in [5, 5.41) is 11.6. The van der Waals surface area contributed by atoms with Crippen molar-refractivity contribution in [3.63, 3.8) is 0 Å². The Labute approximate surface area is 144 Å². The summed E-state index contributed by atoms with van der Waals surface area (Å²) in [7, 11) is 0. The summed E-state index contributed by atoms with van der Waals surface area (Å²) in [6, 6.07) is 8.46. The van der Waals surface area contributed by atoms with Crippen molar-refractivity contribution in [1.29, 1.82) is 0 Å². The minimum Gasteiger partial charge on any atom is -0.332 e. The summed E-state index contributed by atoms with van der Waals surface area (Å²) in [6.45, 7) is 11.4. The highest BCUT2D eigenvalue weighted by Crippen LogP contribution is 2.22. The third-order valence-corrected chi connectivity index (χ3v) is 4.47. The number of nitrogens with zero attached hydrogens (tertiary/aromatic N) is 2. The predicted octanol–water partition coefficient (Wildman–Crippen LogP) is 4.84. The van der Waals surface area contributed by atoms with Gasteiger partial charge in [0.1, 0.15) is 0 Å². The number of hydrogen-bond acceptors (Lipinski definition) is 2. The van der Waals surface area contributed by atoms with Crippen molar-refractivity contribution in [2.24, 2.45) is 0 Å². The zero-order valence-corrected chi connectivity index (χ0v) is 15.4. The first-order valence-electron chi connectivity index (χ1n) is 8.18. The first kappa shape index (κ1) is 17.5. The molecule has 124 valence electrons. The molecule has 4 nitrogen and oxygen atoms in total. The Kier molecular flexibility index (Phi) is 5.77. The van der Waals surface area contributed by atoms with Gasteiger partial charge in [-0.3, -0.25) is 4.68 Å². The first-order chi connectivity index (χ1) is 11.0. The van der Waals surface area contributed by atoms with E-state index in [1.54, 1.807) is 0 Å². The molecular weight excluding hydrogens is 304 g/mol. The minimum atomic E-state index is 0.583. The van der Waals surface area contributed by atoms with E-state index in [1.807, 2.05) is 11.6 Å². The van der Waals surface area contributed by atoms with Gasteiger partial charge in [0.05, 0.1) is 17.1 Å². The molecule has 1 aromatic carbocycles. The van der Waals surface area contributed by atoms with Gasteiger partial charge in [-0.2, -0.15) is 5.10 Å². The van der Waals surface area contributed by atoms with E-state index in [0.29, 0.717) is 11.0 Å². The van der Waals surface area contributed by atoms with E-state index >= 15 is 0 Å². The van der Waals surface area contributed by atoms with Crippen molar-refractivity contribution < 1.29 is 0 Å². The molecule has 0 fully saturated rings.